The molecule has 4 rings (SSSR count). The summed E-state index contributed by atoms with van der Waals surface area (Å²) in [5, 5.41) is 4.41. The van der Waals surface area contributed by atoms with Crippen LogP contribution in [0, 0.1) is 0 Å². The van der Waals surface area contributed by atoms with Crippen molar-refractivity contribution in [2.75, 3.05) is 32.7 Å². The minimum Gasteiger partial charge on any atom is -0.497 e. The Labute approximate surface area is 202 Å². The lowest BCUT2D eigenvalue weighted by atomic mass is 10.1. The van der Waals surface area contributed by atoms with Gasteiger partial charge in [-0.2, -0.15) is 0 Å². The van der Waals surface area contributed by atoms with E-state index in [9.17, 15) is 9.59 Å². The number of pyridine rings is 1. The number of benzene rings is 2. The zero-order chi connectivity index (χ0) is 24.1. The number of H-pyrrole nitrogens is 1. The zero-order valence-electron chi connectivity index (χ0n) is 19.1. The number of hydrogen-bond acceptors (Lipinski definition) is 6. The molecule has 2 N–H and O–H groups in total. The molecule has 34 heavy (non-hydrogen) atoms. The number of thiocarbonyl (C=S) groups is 1. The van der Waals surface area contributed by atoms with Gasteiger partial charge in [0.05, 0.1) is 38.1 Å². The second-order valence-corrected chi connectivity index (χ2v) is 8.45. The molecule has 1 saturated heterocycles. The van der Waals surface area contributed by atoms with E-state index < -0.39 is 5.97 Å². The summed E-state index contributed by atoms with van der Waals surface area (Å²) < 4.78 is 16.0. The molecule has 0 aliphatic carbocycles. The molecule has 1 fully saturated rings. The first-order valence-electron chi connectivity index (χ1n) is 11.0. The molecule has 178 valence electrons. The van der Waals surface area contributed by atoms with E-state index in [1.165, 1.54) is 7.11 Å². The first kappa shape index (κ1) is 23.7. The van der Waals surface area contributed by atoms with Crippen LogP contribution in [-0.4, -0.2) is 54.4 Å². The van der Waals surface area contributed by atoms with Gasteiger partial charge >= 0.3 is 5.97 Å². The summed E-state index contributed by atoms with van der Waals surface area (Å²) in [6.07, 6.45) is 1.92. The number of methoxy groups -OCH3 is 2. The predicted octanol–water partition coefficient (Wildman–Crippen LogP) is 3.70. The number of nitrogens with zero attached hydrogens (tertiary/aromatic N) is 1. The average Bonchev–Trinajstić information content (AvgIpc) is 3.36. The first-order valence-corrected chi connectivity index (χ1v) is 11.4. The summed E-state index contributed by atoms with van der Waals surface area (Å²) in [4.78, 5) is 29.9. The van der Waals surface area contributed by atoms with Gasteiger partial charge in [-0.3, -0.25) is 4.79 Å². The number of aromatic nitrogens is 1. The molecular weight excluding hydrogens is 454 g/mol. The van der Waals surface area contributed by atoms with Gasteiger partial charge in [-0.15, -0.1) is 0 Å². The minimum atomic E-state index is -0.462. The van der Waals surface area contributed by atoms with Crippen molar-refractivity contribution in [2.24, 2.45) is 0 Å². The van der Waals surface area contributed by atoms with Gasteiger partial charge in [0.1, 0.15) is 5.75 Å². The van der Waals surface area contributed by atoms with Crippen molar-refractivity contribution in [3.8, 4) is 5.75 Å². The van der Waals surface area contributed by atoms with E-state index in [1.807, 2.05) is 29.2 Å². The number of ether oxygens (including phenoxy) is 3. The van der Waals surface area contributed by atoms with Gasteiger partial charge in [0.2, 0.25) is 0 Å². The molecular formula is C25H27N3O5S. The lowest BCUT2D eigenvalue weighted by molar-refractivity contribution is 0.0602. The molecule has 1 atom stereocenters. The third-order valence-corrected chi connectivity index (χ3v) is 6.16. The van der Waals surface area contributed by atoms with Crippen LogP contribution < -0.4 is 15.6 Å². The van der Waals surface area contributed by atoms with Crippen LogP contribution in [0.1, 0.15) is 28.8 Å². The summed E-state index contributed by atoms with van der Waals surface area (Å²) >= 11 is 5.73. The maximum atomic E-state index is 12.9. The molecule has 2 heterocycles. The van der Waals surface area contributed by atoms with Crippen LogP contribution in [0.4, 0.5) is 5.69 Å². The number of fused-ring (bicyclic) bond motifs is 1. The first-order chi connectivity index (χ1) is 16.5. The Kier molecular flexibility index (Phi) is 7.44. The maximum absolute atomic E-state index is 12.9. The van der Waals surface area contributed by atoms with E-state index >= 15 is 0 Å². The highest BCUT2D eigenvalue weighted by atomic mass is 32.1. The number of aromatic amines is 1. The molecule has 3 aromatic rings. The Morgan fingerprint density at radius 3 is 2.79 bits per heavy atom. The monoisotopic (exact) mass is 481 g/mol. The van der Waals surface area contributed by atoms with Crippen molar-refractivity contribution in [3.05, 3.63) is 70.0 Å². The third kappa shape index (κ3) is 5.37. The average molecular weight is 482 g/mol. The molecule has 8 nitrogen and oxygen atoms in total. The zero-order valence-corrected chi connectivity index (χ0v) is 19.9. The smallest absolute Gasteiger partial charge is 0.339 e. The summed E-state index contributed by atoms with van der Waals surface area (Å²) in [6.45, 7) is 1.50. The van der Waals surface area contributed by atoms with Crippen molar-refractivity contribution in [2.45, 2.75) is 25.5 Å². The van der Waals surface area contributed by atoms with Crippen LogP contribution in [-0.2, 0) is 16.0 Å². The summed E-state index contributed by atoms with van der Waals surface area (Å²) in [7, 11) is 2.94. The fraction of sp³-hybridized carbons (Fsp3) is 0.320. The Bertz CT molecular complexity index is 1250. The van der Waals surface area contributed by atoms with E-state index in [-0.39, 0.29) is 18.2 Å². The topological polar surface area (TPSA) is 92.9 Å². The second kappa shape index (κ2) is 10.7. The number of para-hydroxylation sites is 1. The van der Waals surface area contributed by atoms with Gasteiger partial charge < -0.3 is 29.4 Å². The van der Waals surface area contributed by atoms with Crippen LogP contribution in [0.3, 0.4) is 0 Å². The van der Waals surface area contributed by atoms with E-state index in [2.05, 4.69) is 10.3 Å². The molecule has 0 bridgehead atoms. The van der Waals surface area contributed by atoms with E-state index in [0.717, 1.165) is 23.7 Å². The van der Waals surface area contributed by atoms with E-state index in [0.29, 0.717) is 40.8 Å². The van der Waals surface area contributed by atoms with Crippen LogP contribution in [0.25, 0.3) is 10.9 Å². The van der Waals surface area contributed by atoms with Crippen LogP contribution in [0.2, 0.25) is 0 Å². The van der Waals surface area contributed by atoms with Gasteiger partial charge in [0, 0.05) is 29.6 Å². The normalized spacial score (nSPS) is 15.2. The van der Waals surface area contributed by atoms with Crippen LogP contribution in [0.15, 0.2) is 53.3 Å². The fourth-order valence-corrected chi connectivity index (χ4v) is 4.26. The number of esters is 1. The molecule has 1 aromatic heterocycles. The van der Waals surface area contributed by atoms with Crippen molar-refractivity contribution in [3.63, 3.8) is 0 Å². The Balaban J connectivity index is 1.63. The van der Waals surface area contributed by atoms with Gasteiger partial charge in [-0.1, -0.05) is 12.1 Å². The summed E-state index contributed by atoms with van der Waals surface area (Å²) in [5.41, 5.74) is 2.01. The van der Waals surface area contributed by atoms with Gasteiger partial charge in [0.25, 0.3) is 5.56 Å². The van der Waals surface area contributed by atoms with E-state index in [1.54, 1.807) is 31.4 Å². The number of carbonyl (C=O) groups is 1. The SMILES string of the molecule is COC(=O)c1ccccc1NC(=S)N(Cc1cc2cc(OC)ccc2[nH]c1=O)C[C@H]1CCCO1. The number of anilines is 1. The number of rotatable bonds is 7. The highest BCUT2D eigenvalue weighted by Gasteiger charge is 2.23. The van der Waals surface area contributed by atoms with Crippen molar-refractivity contribution in [1.82, 2.24) is 9.88 Å². The van der Waals surface area contributed by atoms with Crippen molar-refractivity contribution >= 4 is 39.9 Å². The molecule has 0 saturated carbocycles. The van der Waals surface area contributed by atoms with E-state index in [4.69, 9.17) is 26.4 Å². The Morgan fingerprint density at radius 1 is 1.24 bits per heavy atom. The minimum absolute atomic E-state index is 0.00947. The van der Waals surface area contributed by atoms with Gasteiger partial charge in [-0.05, 0) is 61.5 Å². The number of carbonyl (C=O) groups excluding carboxylic acids is 1. The summed E-state index contributed by atoms with van der Waals surface area (Å²) in [5.74, 6) is 0.245. The quantitative estimate of drug-likeness (QED) is 0.390. The molecule has 1 aliphatic heterocycles. The molecule has 0 radical (unpaired) electrons. The van der Waals surface area contributed by atoms with Crippen molar-refractivity contribution < 1.29 is 19.0 Å². The predicted molar refractivity (Wildman–Crippen MR) is 135 cm³/mol. The lowest BCUT2D eigenvalue weighted by Crippen LogP contribution is -2.40. The Hall–Kier alpha value is -3.43. The van der Waals surface area contributed by atoms with Crippen LogP contribution >= 0.6 is 12.2 Å². The standard InChI is InChI=1S/C25H27N3O5S/c1-31-18-9-10-21-16(13-18)12-17(23(29)26-21)14-28(15-19-6-5-11-33-19)25(34)27-22-8-4-3-7-20(22)24(30)32-2/h3-4,7-10,12-13,19H,5-6,11,14-15H2,1-2H3,(H,26,29)(H,27,34)/t19-/m1/s1. The Morgan fingerprint density at radius 2 is 2.06 bits per heavy atom. The second-order valence-electron chi connectivity index (χ2n) is 8.06. The third-order valence-electron chi connectivity index (χ3n) is 5.80. The largest absolute Gasteiger partial charge is 0.497 e. The fourth-order valence-electron chi connectivity index (χ4n) is 4.01. The molecule has 0 spiro atoms. The van der Waals surface area contributed by atoms with Gasteiger partial charge in [-0.25, -0.2) is 4.79 Å². The molecule has 1 aliphatic rings. The highest BCUT2D eigenvalue weighted by Crippen LogP contribution is 2.22. The van der Waals surface area contributed by atoms with Gasteiger partial charge in [0.15, 0.2) is 5.11 Å². The summed E-state index contributed by atoms with van der Waals surface area (Å²) in [6, 6.07) is 14.3. The number of nitrogens with one attached hydrogen (secondary N) is 2. The molecule has 9 heteroatoms. The van der Waals surface area contributed by atoms with Crippen molar-refractivity contribution in [1.29, 1.82) is 0 Å². The van der Waals surface area contributed by atoms with Crippen LogP contribution in [0.5, 0.6) is 5.75 Å². The lowest BCUT2D eigenvalue weighted by Gasteiger charge is -2.28. The molecule has 2 aromatic carbocycles. The maximum Gasteiger partial charge on any atom is 0.339 e. The molecule has 0 unspecified atom stereocenters. The molecule has 0 amide bonds. The highest BCUT2D eigenvalue weighted by molar-refractivity contribution is 7.80. The number of hydrogen-bond donors (Lipinski definition) is 2.